The van der Waals surface area contributed by atoms with Crippen molar-refractivity contribution in [2.75, 3.05) is 26.2 Å². The molecule has 26 heavy (non-hydrogen) atoms. The molecule has 0 radical (unpaired) electrons. The first kappa shape index (κ1) is 25.1. The Morgan fingerprint density at radius 3 is 1.96 bits per heavy atom. The van der Waals surface area contributed by atoms with Gasteiger partial charge in [0.05, 0.1) is 6.61 Å². The minimum Gasteiger partial charge on any atom is -0.395 e. The Morgan fingerprint density at radius 2 is 1.35 bits per heavy atom. The molecule has 0 aliphatic carbocycles. The van der Waals surface area contributed by atoms with E-state index in [9.17, 15) is 4.79 Å². The molecule has 0 fully saturated rings. The molecule has 0 aromatic carbocycles. The van der Waals surface area contributed by atoms with Gasteiger partial charge in [-0.3, -0.25) is 4.79 Å². The number of carbonyl (C=O) groups is 1. The zero-order valence-electron chi connectivity index (χ0n) is 17.2. The SMILES string of the molecule is CCCCCCCCCC=CCCCCCCC(=O)NCCNCCO. The van der Waals surface area contributed by atoms with E-state index in [0.29, 0.717) is 19.5 Å². The van der Waals surface area contributed by atoms with E-state index in [1.165, 1.54) is 70.6 Å². The third-order valence-corrected chi connectivity index (χ3v) is 4.58. The summed E-state index contributed by atoms with van der Waals surface area (Å²) in [4.78, 5) is 11.6. The van der Waals surface area contributed by atoms with Crippen LogP contribution < -0.4 is 10.6 Å². The summed E-state index contributed by atoms with van der Waals surface area (Å²) in [6.45, 7) is 4.36. The fourth-order valence-electron chi connectivity index (χ4n) is 2.94. The van der Waals surface area contributed by atoms with Crippen LogP contribution in [0.2, 0.25) is 0 Å². The molecule has 0 unspecified atom stereocenters. The molecule has 1 amide bonds. The Balaban J connectivity index is 3.19. The highest BCUT2D eigenvalue weighted by Gasteiger charge is 1.99. The number of aliphatic hydroxyl groups is 1. The van der Waals surface area contributed by atoms with Crippen LogP contribution in [0.4, 0.5) is 0 Å². The summed E-state index contributed by atoms with van der Waals surface area (Å²) in [7, 11) is 0. The van der Waals surface area contributed by atoms with Crippen LogP contribution in [0, 0.1) is 0 Å². The molecule has 0 atom stereocenters. The number of hydrogen-bond acceptors (Lipinski definition) is 3. The lowest BCUT2D eigenvalue weighted by Crippen LogP contribution is -2.32. The van der Waals surface area contributed by atoms with Gasteiger partial charge < -0.3 is 15.7 Å². The highest BCUT2D eigenvalue weighted by atomic mass is 16.3. The van der Waals surface area contributed by atoms with Crippen LogP contribution in [0.25, 0.3) is 0 Å². The molecule has 0 saturated heterocycles. The van der Waals surface area contributed by atoms with Gasteiger partial charge in [0.25, 0.3) is 0 Å². The van der Waals surface area contributed by atoms with Gasteiger partial charge >= 0.3 is 0 Å². The van der Waals surface area contributed by atoms with Crippen molar-refractivity contribution < 1.29 is 9.90 Å². The Hall–Kier alpha value is -0.870. The van der Waals surface area contributed by atoms with Crippen molar-refractivity contribution >= 4 is 5.91 Å². The van der Waals surface area contributed by atoms with Crippen LogP contribution >= 0.6 is 0 Å². The molecule has 0 aromatic rings. The number of unbranched alkanes of at least 4 members (excludes halogenated alkanes) is 11. The van der Waals surface area contributed by atoms with Gasteiger partial charge in [-0.25, -0.2) is 0 Å². The zero-order chi connectivity index (χ0) is 19.1. The van der Waals surface area contributed by atoms with E-state index < -0.39 is 0 Å². The van der Waals surface area contributed by atoms with Crippen LogP contribution in [0.1, 0.15) is 96.8 Å². The molecular formula is C22H44N2O2. The number of carbonyl (C=O) groups excluding carboxylic acids is 1. The van der Waals surface area contributed by atoms with E-state index in [0.717, 1.165) is 19.4 Å². The van der Waals surface area contributed by atoms with Crippen LogP contribution in [0.3, 0.4) is 0 Å². The number of allylic oxidation sites excluding steroid dienone is 2. The molecule has 3 N–H and O–H groups in total. The Morgan fingerprint density at radius 1 is 0.769 bits per heavy atom. The van der Waals surface area contributed by atoms with Crippen LogP contribution in [0.5, 0.6) is 0 Å². The quantitative estimate of drug-likeness (QED) is 0.215. The predicted octanol–water partition coefficient (Wildman–Crippen LogP) is 4.72. The molecule has 0 spiro atoms. The molecule has 0 heterocycles. The number of hydrogen-bond donors (Lipinski definition) is 3. The summed E-state index contributed by atoms with van der Waals surface area (Å²) < 4.78 is 0. The van der Waals surface area contributed by atoms with Gasteiger partial charge in [0.2, 0.25) is 5.91 Å². The average molecular weight is 369 g/mol. The first-order valence-corrected chi connectivity index (χ1v) is 11.0. The standard InChI is InChI=1S/C22H44N2O2/c1-2-3-4-5-6-7-8-9-10-11-12-13-14-15-16-17-22(26)24-19-18-23-20-21-25/h10-11,23,25H,2-9,12-21H2,1H3,(H,24,26). The van der Waals surface area contributed by atoms with Crippen molar-refractivity contribution in [1.82, 2.24) is 10.6 Å². The second kappa shape index (κ2) is 22.2. The highest BCUT2D eigenvalue weighted by Crippen LogP contribution is 2.10. The summed E-state index contributed by atoms with van der Waals surface area (Å²) in [6.07, 6.45) is 22.0. The van der Waals surface area contributed by atoms with Crippen molar-refractivity contribution in [1.29, 1.82) is 0 Å². The minimum atomic E-state index is 0.141. The van der Waals surface area contributed by atoms with Crippen LogP contribution in [-0.4, -0.2) is 37.3 Å². The largest absolute Gasteiger partial charge is 0.395 e. The van der Waals surface area contributed by atoms with Crippen molar-refractivity contribution in [2.24, 2.45) is 0 Å². The molecule has 0 aliphatic heterocycles. The van der Waals surface area contributed by atoms with E-state index in [1.807, 2.05) is 0 Å². The third-order valence-electron chi connectivity index (χ3n) is 4.58. The number of nitrogens with one attached hydrogen (secondary N) is 2. The second-order valence-corrected chi connectivity index (χ2v) is 7.16. The second-order valence-electron chi connectivity index (χ2n) is 7.16. The van der Waals surface area contributed by atoms with Crippen molar-refractivity contribution in [3.05, 3.63) is 12.2 Å². The van der Waals surface area contributed by atoms with Gasteiger partial charge in [-0.05, 0) is 32.1 Å². The minimum absolute atomic E-state index is 0.141. The topological polar surface area (TPSA) is 61.4 Å². The van der Waals surface area contributed by atoms with E-state index in [2.05, 4.69) is 29.7 Å². The Bertz CT molecular complexity index is 319. The van der Waals surface area contributed by atoms with E-state index >= 15 is 0 Å². The number of amides is 1. The lowest BCUT2D eigenvalue weighted by molar-refractivity contribution is -0.121. The average Bonchev–Trinajstić information content (AvgIpc) is 2.64. The summed E-state index contributed by atoms with van der Waals surface area (Å²) >= 11 is 0. The monoisotopic (exact) mass is 368 g/mol. The summed E-state index contributed by atoms with van der Waals surface area (Å²) in [5, 5.41) is 14.6. The zero-order valence-corrected chi connectivity index (χ0v) is 17.2. The normalized spacial score (nSPS) is 11.3. The molecular weight excluding hydrogens is 324 g/mol. The van der Waals surface area contributed by atoms with Gasteiger partial charge in [-0.15, -0.1) is 0 Å². The Kier molecular flexibility index (Phi) is 21.4. The summed E-state index contributed by atoms with van der Waals surface area (Å²) in [5.74, 6) is 0.144. The van der Waals surface area contributed by atoms with Gasteiger partial charge in [-0.1, -0.05) is 70.4 Å². The van der Waals surface area contributed by atoms with Crippen molar-refractivity contribution in [2.45, 2.75) is 96.8 Å². The maximum absolute atomic E-state index is 11.6. The third kappa shape index (κ3) is 21.2. The lowest BCUT2D eigenvalue weighted by atomic mass is 10.1. The molecule has 0 rings (SSSR count). The molecule has 0 saturated carbocycles. The molecule has 0 aromatic heterocycles. The van der Waals surface area contributed by atoms with E-state index in [4.69, 9.17) is 5.11 Å². The first-order chi connectivity index (χ1) is 12.8. The summed E-state index contributed by atoms with van der Waals surface area (Å²) in [5.41, 5.74) is 0. The molecule has 154 valence electrons. The van der Waals surface area contributed by atoms with Crippen molar-refractivity contribution in [3.63, 3.8) is 0 Å². The maximum atomic E-state index is 11.6. The molecule has 0 aliphatic rings. The van der Waals surface area contributed by atoms with Crippen LogP contribution in [-0.2, 0) is 4.79 Å². The fraction of sp³-hybridized carbons (Fsp3) is 0.864. The van der Waals surface area contributed by atoms with Crippen LogP contribution in [0.15, 0.2) is 12.2 Å². The first-order valence-electron chi connectivity index (χ1n) is 11.0. The molecule has 0 bridgehead atoms. The van der Waals surface area contributed by atoms with Gasteiger partial charge in [-0.2, -0.15) is 0 Å². The highest BCUT2D eigenvalue weighted by molar-refractivity contribution is 5.75. The van der Waals surface area contributed by atoms with E-state index in [-0.39, 0.29) is 12.5 Å². The smallest absolute Gasteiger partial charge is 0.220 e. The van der Waals surface area contributed by atoms with Gasteiger partial charge in [0, 0.05) is 26.1 Å². The number of aliphatic hydroxyl groups excluding tert-OH is 1. The molecule has 4 heteroatoms. The van der Waals surface area contributed by atoms with E-state index in [1.54, 1.807) is 0 Å². The maximum Gasteiger partial charge on any atom is 0.220 e. The number of rotatable bonds is 20. The lowest BCUT2D eigenvalue weighted by Gasteiger charge is -2.05. The molecule has 4 nitrogen and oxygen atoms in total. The fourth-order valence-corrected chi connectivity index (χ4v) is 2.94. The summed E-state index contributed by atoms with van der Waals surface area (Å²) in [6, 6.07) is 0. The predicted molar refractivity (Wildman–Crippen MR) is 112 cm³/mol. The van der Waals surface area contributed by atoms with Crippen molar-refractivity contribution in [3.8, 4) is 0 Å². The Labute approximate surface area is 162 Å². The van der Waals surface area contributed by atoms with Gasteiger partial charge in [0.1, 0.15) is 0 Å². The van der Waals surface area contributed by atoms with Gasteiger partial charge in [0.15, 0.2) is 0 Å².